The summed E-state index contributed by atoms with van der Waals surface area (Å²) in [5.41, 5.74) is 3.71. The molecule has 1 N–H and O–H groups in total. The lowest BCUT2D eigenvalue weighted by atomic mass is 9.92. The molecule has 0 unspecified atom stereocenters. The molecule has 0 amide bonds. The summed E-state index contributed by atoms with van der Waals surface area (Å²) in [6.45, 7) is 8.27. The number of nitrogens with zero attached hydrogens (tertiary/aromatic N) is 3. The van der Waals surface area contributed by atoms with Gasteiger partial charge in [0.1, 0.15) is 11.5 Å². The first-order valence-electron chi connectivity index (χ1n) is 14.1. The average molecular weight is 515 g/mol. The average Bonchev–Trinajstić information content (AvgIpc) is 3.62. The minimum absolute atomic E-state index is 0.648. The van der Waals surface area contributed by atoms with Gasteiger partial charge in [0.25, 0.3) is 0 Å². The number of benzene rings is 1. The SMILES string of the molecule is COc1cc2c(cc1OCCCN1CCCC1)nc(-c1ccc(C)o1)c1ccc(CC3CCNCC3)nc12. The fourth-order valence-corrected chi connectivity index (χ4v) is 5.90. The number of aromatic nitrogens is 2. The Balaban J connectivity index is 1.37. The molecule has 4 aromatic rings. The van der Waals surface area contributed by atoms with E-state index in [0.717, 1.165) is 82.9 Å². The summed E-state index contributed by atoms with van der Waals surface area (Å²) in [7, 11) is 1.70. The number of likely N-dealkylation sites (tertiary alicyclic amines) is 1. The molecule has 3 aromatic heterocycles. The van der Waals surface area contributed by atoms with Crippen LogP contribution in [0.2, 0.25) is 0 Å². The lowest BCUT2D eigenvalue weighted by Crippen LogP contribution is -2.28. The molecular weight excluding hydrogens is 476 g/mol. The fraction of sp³-hybridized carbons (Fsp3) is 0.484. The predicted molar refractivity (Wildman–Crippen MR) is 151 cm³/mol. The Hall–Kier alpha value is -3.16. The number of hydrogen-bond acceptors (Lipinski definition) is 7. The van der Waals surface area contributed by atoms with Crippen LogP contribution in [0.3, 0.4) is 0 Å². The van der Waals surface area contributed by atoms with E-state index in [4.69, 9.17) is 23.9 Å². The zero-order chi connectivity index (χ0) is 25.9. The standard InChI is InChI=1S/C31H38N4O3/c1-21-6-9-27(38-21)31-24-8-7-23(18-22-10-12-32-13-11-22)33-30(24)25-19-28(36-2)29(20-26(25)34-31)37-17-5-16-35-14-3-4-15-35/h6-9,19-20,22,32H,3-5,10-18H2,1-2H3. The Morgan fingerprint density at radius 2 is 1.84 bits per heavy atom. The van der Waals surface area contributed by atoms with Gasteiger partial charge in [0.15, 0.2) is 17.3 Å². The second kappa shape index (κ2) is 11.3. The van der Waals surface area contributed by atoms with Crippen molar-refractivity contribution in [2.24, 2.45) is 5.92 Å². The number of pyridine rings is 2. The van der Waals surface area contributed by atoms with Gasteiger partial charge in [-0.15, -0.1) is 0 Å². The topological polar surface area (TPSA) is 72.7 Å². The van der Waals surface area contributed by atoms with Gasteiger partial charge < -0.3 is 24.1 Å². The maximum atomic E-state index is 6.24. The maximum Gasteiger partial charge on any atom is 0.163 e. The summed E-state index contributed by atoms with van der Waals surface area (Å²) in [6, 6.07) is 12.3. The van der Waals surface area contributed by atoms with Crippen LogP contribution in [0.25, 0.3) is 33.3 Å². The van der Waals surface area contributed by atoms with Crippen molar-refractivity contribution in [3.8, 4) is 23.0 Å². The number of fused-ring (bicyclic) bond motifs is 3. The molecule has 0 bridgehead atoms. The molecule has 2 saturated heterocycles. The Morgan fingerprint density at radius 3 is 2.61 bits per heavy atom. The molecule has 5 heterocycles. The van der Waals surface area contributed by atoms with E-state index in [1.165, 1.54) is 38.8 Å². The Morgan fingerprint density at radius 1 is 1.00 bits per heavy atom. The monoisotopic (exact) mass is 514 g/mol. The summed E-state index contributed by atoms with van der Waals surface area (Å²) >= 11 is 0. The van der Waals surface area contributed by atoms with E-state index in [-0.39, 0.29) is 0 Å². The Labute approximate surface area is 224 Å². The largest absolute Gasteiger partial charge is 0.493 e. The molecule has 2 fully saturated rings. The molecule has 7 heteroatoms. The summed E-state index contributed by atoms with van der Waals surface area (Å²) in [6.07, 6.45) is 6.99. The van der Waals surface area contributed by atoms with Crippen LogP contribution in [0.4, 0.5) is 0 Å². The van der Waals surface area contributed by atoms with E-state index in [1.807, 2.05) is 31.2 Å². The van der Waals surface area contributed by atoms with Crippen LogP contribution in [0.15, 0.2) is 40.8 Å². The van der Waals surface area contributed by atoms with Gasteiger partial charge in [0.2, 0.25) is 0 Å². The molecule has 2 aliphatic rings. The number of furan rings is 1. The van der Waals surface area contributed by atoms with Crippen LogP contribution in [-0.4, -0.2) is 61.3 Å². The predicted octanol–water partition coefficient (Wildman–Crippen LogP) is 5.77. The number of aryl methyl sites for hydroxylation is 1. The first-order valence-corrected chi connectivity index (χ1v) is 14.1. The summed E-state index contributed by atoms with van der Waals surface area (Å²) in [5, 5.41) is 5.43. The number of nitrogens with one attached hydrogen (secondary N) is 1. The number of methoxy groups -OCH3 is 1. The minimum Gasteiger partial charge on any atom is -0.493 e. The zero-order valence-electron chi connectivity index (χ0n) is 22.6. The van der Waals surface area contributed by atoms with E-state index in [0.29, 0.717) is 18.3 Å². The molecule has 0 atom stereocenters. The fourth-order valence-electron chi connectivity index (χ4n) is 5.90. The maximum absolute atomic E-state index is 6.24. The zero-order valence-corrected chi connectivity index (χ0v) is 22.6. The third kappa shape index (κ3) is 5.36. The van der Waals surface area contributed by atoms with Crippen molar-refractivity contribution in [1.82, 2.24) is 20.2 Å². The van der Waals surface area contributed by atoms with Crippen LogP contribution in [0, 0.1) is 12.8 Å². The van der Waals surface area contributed by atoms with Crippen LogP contribution in [0.5, 0.6) is 11.5 Å². The highest BCUT2D eigenvalue weighted by Crippen LogP contribution is 2.38. The first kappa shape index (κ1) is 25.1. The first-order chi connectivity index (χ1) is 18.7. The van der Waals surface area contributed by atoms with Gasteiger partial charge in [0.05, 0.1) is 24.8 Å². The molecule has 2 aliphatic heterocycles. The highest BCUT2D eigenvalue weighted by Gasteiger charge is 2.20. The second-order valence-electron chi connectivity index (χ2n) is 10.7. The van der Waals surface area contributed by atoms with Crippen LogP contribution >= 0.6 is 0 Å². The third-order valence-corrected chi connectivity index (χ3v) is 7.98. The molecule has 38 heavy (non-hydrogen) atoms. The molecular formula is C31H38N4O3. The molecule has 0 saturated carbocycles. The van der Waals surface area contributed by atoms with Gasteiger partial charge in [-0.05, 0) is 108 Å². The lowest BCUT2D eigenvalue weighted by molar-refractivity contribution is 0.254. The van der Waals surface area contributed by atoms with Crippen molar-refractivity contribution in [1.29, 1.82) is 0 Å². The van der Waals surface area contributed by atoms with Gasteiger partial charge in [-0.2, -0.15) is 0 Å². The van der Waals surface area contributed by atoms with Crippen molar-refractivity contribution in [3.05, 3.63) is 47.9 Å². The number of rotatable bonds is 9. The van der Waals surface area contributed by atoms with E-state index >= 15 is 0 Å². The second-order valence-corrected chi connectivity index (χ2v) is 10.7. The lowest BCUT2D eigenvalue weighted by Gasteiger charge is -2.22. The molecule has 0 aliphatic carbocycles. The van der Waals surface area contributed by atoms with E-state index in [9.17, 15) is 0 Å². The molecule has 7 nitrogen and oxygen atoms in total. The minimum atomic E-state index is 0.648. The van der Waals surface area contributed by atoms with Crippen molar-refractivity contribution >= 4 is 21.8 Å². The summed E-state index contributed by atoms with van der Waals surface area (Å²) in [5.74, 6) is 3.72. The van der Waals surface area contributed by atoms with Crippen molar-refractivity contribution in [3.63, 3.8) is 0 Å². The highest BCUT2D eigenvalue weighted by atomic mass is 16.5. The number of hydrogen-bond donors (Lipinski definition) is 1. The molecule has 1 aromatic carbocycles. The van der Waals surface area contributed by atoms with Crippen LogP contribution in [-0.2, 0) is 6.42 Å². The van der Waals surface area contributed by atoms with Crippen molar-refractivity contribution < 1.29 is 13.9 Å². The molecule has 200 valence electrons. The van der Waals surface area contributed by atoms with Gasteiger partial charge >= 0.3 is 0 Å². The van der Waals surface area contributed by atoms with Crippen LogP contribution in [0.1, 0.15) is 43.6 Å². The highest BCUT2D eigenvalue weighted by molar-refractivity contribution is 6.09. The molecule has 6 rings (SSSR count). The summed E-state index contributed by atoms with van der Waals surface area (Å²) < 4.78 is 18.1. The van der Waals surface area contributed by atoms with Crippen LogP contribution < -0.4 is 14.8 Å². The van der Waals surface area contributed by atoms with E-state index in [2.05, 4.69) is 22.3 Å². The van der Waals surface area contributed by atoms with Gasteiger partial charge in [-0.25, -0.2) is 4.98 Å². The van der Waals surface area contributed by atoms with E-state index in [1.54, 1.807) is 7.11 Å². The Kier molecular flexibility index (Phi) is 7.47. The van der Waals surface area contributed by atoms with Crippen molar-refractivity contribution in [2.45, 2.75) is 45.4 Å². The smallest absolute Gasteiger partial charge is 0.163 e. The molecule has 0 radical (unpaired) electrons. The van der Waals surface area contributed by atoms with Gasteiger partial charge in [-0.1, -0.05) is 0 Å². The Bertz CT molecular complexity index is 1400. The number of piperidine rings is 1. The van der Waals surface area contributed by atoms with Gasteiger partial charge in [-0.3, -0.25) is 4.98 Å². The number of ether oxygens (including phenoxy) is 2. The van der Waals surface area contributed by atoms with E-state index < -0.39 is 0 Å². The molecule has 0 spiro atoms. The third-order valence-electron chi connectivity index (χ3n) is 7.98. The quantitative estimate of drug-likeness (QED) is 0.225. The normalized spacial score (nSPS) is 17.0. The van der Waals surface area contributed by atoms with Gasteiger partial charge in [0, 0.05) is 29.1 Å². The summed E-state index contributed by atoms with van der Waals surface area (Å²) in [4.78, 5) is 12.8. The van der Waals surface area contributed by atoms with Crippen molar-refractivity contribution in [2.75, 3.05) is 46.4 Å².